The molecule has 34 heavy (non-hydrogen) atoms. The van der Waals surface area contributed by atoms with Crippen LogP contribution in [0.5, 0.6) is 0 Å². The molecular weight excluding hydrogens is 432 g/mol. The van der Waals surface area contributed by atoms with Crippen molar-refractivity contribution in [1.29, 1.82) is 0 Å². The Morgan fingerprint density at radius 2 is 1.85 bits per heavy atom. The molecule has 1 aliphatic rings. The highest BCUT2D eigenvalue weighted by atomic mass is 16.5. The molecule has 1 atom stereocenters. The van der Waals surface area contributed by atoms with Crippen molar-refractivity contribution in [2.75, 3.05) is 26.2 Å². The van der Waals surface area contributed by atoms with E-state index in [1.165, 1.54) is 0 Å². The van der Waals surface area contributed by atoms with Crippen LogP contribution in [0.25, 0.3) is 6.08 Å². The molecule has 0 radical (unpaired) electrons. The summed E-state index contributed by atoms with van der Waals surface area (Å²) in [5.74, 6) is -0.585. The summed E-state index contributed by atoms with van der Waals surface area (Å²) in [6.07, 6.45) is 4.67. The van der Waals surface area contributed by atoms with Crippen molar-refractivity contribution in [3.63, 3.8) is 0 Å². The first-order valence-corrected chi connectivity index (χ1v) is 11.7. The Hall–Kier alpha value is -3.55. The van der Waals surface area contributed by atoms with Crippen LogP contribution in [0.1, 0.15) is 65.1 Å². The van der Waals surface area contributed by atoms with Crippen LogP contribution in [0.2, 0.25) is 0 Å². The van der Waals surface area contributed by atoms with Gasteiger partial charge in [-0.15, -0.1) is 0 Å². The fraction of sp³-hybridized carbons (Fsp3) is 0.423. The van der Waals surface area contributed by atoms with Crippen molar-refractivity contribution >= 4 is 23.9 Å². The van der Waals surface area contributed by atoms with Crippen molar-refractivity contribution in [2.24, 2.45) is 0 Å². The lowest BCUT2D eigenvalue weighted by Gasteiger charge is -2.39. The highest BCUT2D eigenvalue weighted by Gasteiger charge is 2.33. The predicted octanol–water partition coefficient (Wildman–Crippen LogP) is 3.30. The van der Waals surface area contributed by atoms with Crippen LogP contribution in [0.3, 0.4) is 0 Å². The van der Waals surface area contributed by atoms with Gasteiger partial charge in [0.15, 0.2) is 0 Å². The van der Waals surface area contributed by atoms with Gasteiger partial charge in [0.25, 0.3) is 5.91 Å². The molecule has 8 heteroatoms. The van der Waals surface area contributed by atoms with Gasteiger partial charge in [-0.3, -0.25) is 9.59 Å². The summed E-state index contributed by atoms with van der Waals surface area (Å²) in [7, 11) is 0. The summed E-state index contributed by atoms with van der Waals surface area (Å²) in [5, 5.41) is 0. The molecule has 0 saturated carbocycles. The first kappa shape index (κ1) is 25.1. The quantitative estimate of drug-likeness (QED) is 0.461. The molecule has 0 N–H and O–H groups in total. The number of hydrogen-bond acceptors (Lipinski definition) is 6. The second-order valence-corrected chi connectivity index (χ2v) is 8.29. The lowest BCUT2D eigenvalue weighted by atomic mass is 10.1. The standard InChI is InChI=1S/C26H32N4O4/c1-5-10-21-23(26(33)34-6-2)24(28-19(4)27-21)25(32)29-15-16-30(18(3)17-29)22(31)14-13-20-11-8-7-9-12-20/h7-9,11-14,18H,5-6,10,15-17H2,1-4H3/b14-13+. The van der Waals surface area contributed by atoms with E-state index in [1.807, 2.05) is 44.2 Å². The number of hydrogen-bond donors (Lipinski definition) is 0. The van der Waals surface area contributed by atoms with Crippen molar-refractivity contribution in [3.05, 3.63) is 64.7 Å². The number of ether oxygens (including phenoxy) is 1. The zero-order valence-corrected chi connectivity index (χ0v) is 20.3. The summed E-state index contributed by atoms with van der Waals surface area (Å²) in [4.78, 5) is 51.1. The van der Waals surface area contributed by atoms with Gasteiger partial charge in [0.05, 0.1) is 12.3 Å². The first-order valence-electron chi connectivity index (χ1n) is 11.7. The predicted molar refractivity (Wildman–Crippen MR) is 129 cm³/mol. The highest BCUT2D eigenvalue weighted by Crippen LogP contribution is 2.20. The molecule has 1 unspecified atom stereocenters. The zero-order valence-electron chi connectivity index (χ0n) is 20.3. The van der Waals surface area contributed by atoms with Crippen molar-refractivity contribution in [2.45, 2.75) is 46.6 Å². The summed E-state index contributed by atoms with van der Waals surface area (Å²) < 4.78 is 5.22. The van der Waals surface area contributed by atoms with Crippen molar-refractivity contribution in [3.8, 4) is 0 Å². The Kier molecular flexibility index (Phi) is 8.51. The Balaban J connectivity index is 1.78. The largest absolute Gasteiger partial charge is 0.462 e. The molecule has 2 aromatic rings. The van der Waals surface area contributed by atoms with Crippen LogP contribution in [0.4, 0.5) is 0 Å². The Morgan fingerprint density at radius 1 is 1.12 bits per heavy atom. The maximum atomic E-state index is 13.5. The molecular formula is C26H32N4O4. The van der Waals surface area contributed by atoms with Crippen LogP contribution in [0, 0.1) is 6.92 Å². The second kappa shape index (κ2) is 11.5. The Bertz CT molecular complexity index is 1070. The number of carbonyl (C=O) groups excluding carboxylic acids is 3. The van der Waals surface area contributed by atoms with E-state index in [4.69, 9.17) is 4.74 Å². The van der Waals surface area contributed by atoms with Crippen LogP contribution in [0.15, 0.2) is 36.4 Å². The number of amides is 2. The van der Waals surface area contributed by atoms with Crippen molar-refractivity contribution in [1.82, 2.24) is 19.8 Å². The molecule has 1 fully saturated rings. The number of esters is 1. The van der Waals surface area contributed by atoms with Crippen molar-refractivity contribution < 1.29 is 19.1 Å². The van der Waals surface area contributed by atoms with E-state index in [0.29, 0.717) is 37.6 Å². The number of piperazine rings is 1. The van der Waals surface area contributed by atoms with E-state index in [1.54, 1.807) is 35.8 Å². The van der Waals surface area contributed by atoms with Gasteiger partial charge in [0.2, 0.25) is 5.91 Å². The second-order valence-electron chi connectivity index (χ2n) is 8.29. The van der Waals surface area contributed by atoms with Crippen LogP contribution < -0.4 is 0 Å². The number of rotatable bonds is 7. The van der Waals surface area contributed by atoms with Gasteiger partial charge in [-0.1, -0.05) is 43.7 Å². The van der Waals surface area contributed by atoms with Crippen LogP contribution in [-0.4, -0.2) is 69.8 Å². The average molecular weight is 465 g/mol. The van der Waals surface area contributed by atoms with Crippen LogP contribution >= 0.6 is 0 Å². The number of aryl methyl sites for hydroxylation is 2. The number of benzene rings is 1. The van der Waals surface area contributed by atoms with Gasteiger partial charge in [0, 0.05) is 31.8 Å². The molecule has 2 amide bonds. The minimum absolute atomic E-state index is 0.0744. The fourth-order valence-electron chi connectivity index (χ4n) is 4.07. The van der Waals surface area contributed by atoms with Gasteiger partial charge in [-0.2, -0.15) is 0 Å². The van der Waals surface area contributed by atoms with E-state index < -0.39 is 5.97 Å². The summed E-state index contributed by atoms with van der Waals surface area (Å²) in [6, 6.07) is 9.44. The van der Waals surface area contributed by atoms with E-state index in [0.717, 1.165) is 12.0 Å². The number of aromatic nitrogens is 2. The van der Waals surface area contributed by atoms with Gasteiger partial charge in [0.1, 0.15) is 17.1 Å². The molecule has 2 heterocycles. The third kappa shape index (κ3) is 5.87. The number of nitrogens with zero attached hydrogens (tertiary/aromatic N) is 4. The summed E-state index contributed by atoms with van der Waals surface area (Å²) in [5.41, 5.74) is 1.71. The first-order chi connectivity index (χ1) is 16.3. The van der Waals surface area contributed by atoms with E-state index in [9.17, 15) is 14.4 Å². The van der Waals surface area contributed by atoms with E-state index in [2.05, 4.69) is 9.97 Å². The third-order valence-electron chi connectivity index (χ3n) is 5.68. The molecule has 8 nitrogen and oxygen atoms in total. The fourth-order valence-corrected chi connectivity index (χ4v) is 4.07. The molecule has 3 rings (SSSR count). The summed E-state index contributed by atoms with van der Waals surface area (Å²) in [6.45, 7) is 8.61. The highest BCUT2D eigenvalue weighted by molar-refractivity contribution is 6.04. The molecule has 0 spiro atoms. The minimum atomic E-state index is -0.581. The SMILES string of the molecule is CCCc1nc(C)nc(C(=O)N2CCN(C(=O)/C=C/c3ccccc3)C(C)C2)c1C(=O)OCC. The van der Waals surface area contributed by atoms with E-state index >= 15 is 0 Å². The average Bonchev–Trinajstić information content (AvgIpc) is 2.82. The van der Waals surface area contributed by atoms with Gasteiger partial charge >= 0.3 is 5.97 Å². The molecule has 0 bridgehead atoms. The monoisotopic (exact) mass is 464 g/mol. The topological polar surface area (TPSA) is 92.7 Å². The Labute approximate surface area is 200 Å². The Morgan fingerprint density at radius 3 is 2.50 bits per heavy atom. The zero-order chi connectivity index (χ0) is 24.7. The summed E-state index contributed by atoms with van der Waals surface area (Å²) >= 11 is 0. The molecule has 1 aromatic heterocycles. The van der Waals surface area contributed by atoms with Crippen LogP contribution in [-0.2, 0) is 16.0 Å². The smallest absolute Gasteiger partial charge is 0.342 e. The van der Waals surface area contributed by atoms with Gasteiger partial charge < -0.3 is 14.5 Å². The lowest BCUT2D eigenvalue weighted by molar-refractivity contribution is -0.129. The molecule has 1 saturated heterocycles. The normalized spacial score (nSPS) is 16.1. The van der Waals surface area contributed by atoms with E-state index in [-0.39, 0.29) is 35.7 Å². The molecule has 0 aliphatic carbocycles. The van der Waals surface area contributed by atoms with Gasteiger partial charge in [-0.25, -0.2) is 14.8 Å². The van der Waals surface area contributed by atoms with Gasteiger partial charge in [-0.05, 0) is 38.8 Å². The molecule has 1 aromatic carbocycles. The maximum absolute atomic E-state index is 13.5. The third-order valence-corrected chi connectivity index (χ3v) is 5.68. The number of carbonyl (C=O) groups is 3. The molecule has 180 valence electrons. The maximum Gasteiger partial charge on any atom is 0.342 e. The minimum Gasteiger partial charge on any atom is -0.462 e. The lowest BCUT2D eigenvalue weighted by Crippen LogP contribution is -2.55. The molecule has 1 aliphatic heterocycles.